The van der Waals surface area contributed by atoms with E-state index in [9.17, 15) is 9.59 Å². The van der Waals surface area contributed by atoms with E-state index in [2.05, 4.69) is 25.1 Å². The summed E-state index contributed by atoms with van der Waals surface area (Å²) in [6.45, 7) is 3.41. The normalized spacial score (nSPS) is 14.4. The number of urea groups is 1. The van der Waals surface area contributed by atoms with Gasteiger partial charge in [0.2, 0.25) is 0 Å². The van der Waals surface area contributed by atoms with Crippen LogP contribution in [-0.2, 0) is 0 Å². The number of carbonyl (C=O) groups excluding carboxylic acids is 1. The highest BCUT2D eigenvalue weighted by atomic mass is 16.4. The van der Waals surface area contributed by atoms with Gasteiger partial charge in [-0.05, 0) is 31.3 Å². The van der Waals surface area contributed by atoms with E-state index in [1.807, 2.05) is 31.3 Å². The lowest BCUT2D eigenvalue weighted by atomic mass is 10.2. The Morgan fingerprint density at radius 1 is 1.06 bits per heavy atom. The maximum Gasteiger partial charge on any atom is 0.335 e. The second-order valence-electron chi connectivity index (χ2n) is 7.37. The van der Waals surface area contributed by atoms with Crippen molar-refractivity contribution in [1.82, 2.24) is 30.0 Å². The molecular weight excluding hydrogens is 398 g/mol. The molecule has 10 heteroatoms. The minimum absolute atomic E-state index is 0.226. The van der Waals surface area contributed by atoms with E-state index >= 15 is 0 Å². The first kappa shape index (κ1) is 20.4. The quantitative estimate of drug-likeness (QED) is 0.390. The molecule has 4 aromatic rings. The Labute approximate surface area is 177 Å². The van der Waals surface area contributed by atoms with Crippen molar-refractivity contribution in [3.8, 4) is 11.5 Å². The molecular formula is C21H23N7O3. The van der Waals surface area contributed by atoms with E-state index in [0.717, 1.165) is 42.8 Å². The highest BCUT2D eigenvalue weighted by Gasteiger charge is 2.15. The number of aromatic nitrogens is 4. The number of primary amides is 1. The summed E-state index contributed by atoms with van der Waals surface area (Å²) in [5.74, 6) is -0.344. The molecule has 0 saturated carbocycles. The van der Waals surface area contributed by atoms with Crippen LogP contribution in [-0.4, -0.2) is 80.3 Å². The number of H-pyrrole nitrogens is 2. The Morgan fingerprint density at radius 3 is 2.52 bits per heavy atom. The summed E-state index contributed by atoms with van der Waals surface area (Å²) in [5.41, 5.74) is 8.35. The van der Waals surface area contributed by atoms with Crippen LogP contribution in [0.5, 0.6) is 0 Å². The summed E-state index contributed by atoms with van der Waals surface area (Å²) in [5, 5.41) is 17.2. The number of imidazole rings is 1. The summed E-state index contributed by atoms with van der Waals surface area (Å²) < 4.78 is 0. The minimum Gasteiger partial charge on any atom is -0.478 e. The summed E-state index contributed by atoms with van der Waals surface area (Å²) in [7, 11) is 2.04. The molecule has 160 valence electrons. The monoisotopic (exact) mass is 421 g/mol. The first-order chi connectivity index (χ1) is 14.9. The number of likely N-dealkylation sites (N-methyl/N-ethyl adjacent to an activating group) is 1. The van der Waals surface area contributed by atoms with Crippen LogP contribution in [0.25, 0.3) is 33.5 Å². The first-order valence-corrected chi connectivity index (χ1v) is 9.82. The van der Waals surface area contributed by atoms with Crippen molar-refractivity contribution in [1.29, 1.82) is 0 Å². The van der Waals surface area contributed by atoms with Crippen LogP contribution in [0.1, 0.15) is 10.4 Å². The summed E-state index contributed by atoms with van der Waals surface area (Å²) >= 11 is 0. The fraction of sp³-hybridized carbons (Fsp3) is 0.238. The lowest BCUT2D eigenvalue weighted by molar-refractivity contribution is 0.0697. The molecule has 0 unspecified atom stereocenters. The van der Waals surface area contributed by atoms with E-state index in [1.165, 1.54) is 6.07 Å². The van der Waals surface area contributed by atoms with Crippen molar-refractivity contribution in [2.75, 3.05) is 33.2 Å². The number of benzene rings is 2. The number of nitrogens with zero attached hydrogens (tertiary/aromatic N) is 4. The fourth-order valence-electron chi connectivity index (χ4n) is 3.43. The zero-order valence-electron chi connectivity index (χ0n) is 17.0. The number of nitrogens with one attached hydrogen (secondary N) is 2. The number of hydrogen-bond donors (Lipinski definition) is 4. The number of hydrogen-bond acceptors (Lipinski definition) is 5. The van der Waals surface area contributed by atoms with Gasteiger partial charge in [0.25, 0.3) is 0 Å². The third-order valence-corrected chi connectivity index (χ3v) is 5.24. The second-order valence-corrected chi connectivity index (χ2v) is 7.37. The lowest BCUT2D eigenvalue weighted by Gasteiger charge is -2.30. The number of amides is 2. The Balaban J connectivity index is 0.000000196. The highest BCUT2D eigenvalue weighted by molar-refractivity contribution is 5.95. The highest BCUT2D eigenvalue weighted by Crippen LogP contribution is 2.26. The van der Waals surface area contributed by atoms with Crippen LogP contribution < -0.4 is 5.73 Å². The Kier molecular flexibility index (Phi) is 5.54. The topological polar surface area (TPSA) is 144 Å². The molecule has 0 aliphatic carbocycles. The van der Waals surface area contributed by atoms with Gasteiger partial charge in [-0.3, -0.25) is 5.10 Å². The van der Waals surface area contributed by atoms with Gasteiger partial charge in [0.1, 0.15) is 5.69 Å². The van der Waals surface area contributed by atoms with Gasteiger partial charge in [0.05, 0.1) is 22.1 Å². The van der Waals surface area contributed by atoms with Crippen molar-refractivity contribution in [2.24, 2.45) is 5.73 Å². The van der Waals surface area contributed by atoms with Gasteiger partial charge in [0, 0.05) is 31.6 Å². The third-order valence-electron chi connectivity index (χ3n) is 5.24. The van der Waals surface area contributed by atoms with E-state index in [4.69, 9.17) is 10.8 Å². The maximum atomic E-state index is 11.0. The van der Waals surface area contributed by atoms with E-state index in [0.29, 0.717) is 16.9 Å². The van der Waals surface area contributed by atoms with E-state index < -0.39 is 5.97 Å². The minimum atomic E-state index is -0.960. The van der Waals surface area contributed by atoms with Crippen LogP contribution in [0, 0.1) is 0 Å². The molecule has 3 heterocycles. The molecule has 0 radical (unpaired) electrons. The maximum absolute atomic E-state index is 11.0. The molecule has 0 atom stereocenters. The molecule has 2 aromatic carbocycles. The predicted octanol–water partition coefficient (Wildman–Crippen LogP) is 2.12. The molecule has 1 aliphatic rings. The third kappa shape index (κ3) is 4.33. The number of aromatic amines is 2. The summed E-state index contributed by atoms with van der Waals surface area (Å²) in [6, 6.07) is 12.3. The predicted molar refractivity (Wildman–Crippen MR) is 117 cm³/mol. The van der Waals surface area contributed by atoms with Gasteiger partial charge in [-0.1, -0.05) is 18.2 Å². The standard InChI is InChI=1S/C15H10N4O2.C6H13N3O/c20-15(21)8-5-6-11-12(7-8)17-14(16-11)13-9-3-1-2-4-10(9)18-19-13;1-8-2-4-9(5-3-8)6(7)10/h1-7H,(H,16,17)(H,18,19)(H,20,21);2-5H2,1H3,(H2,7,10). The molecule has 0 bridgehead atoms. The molecule has 1 aliphatic heterocycles. The SMILES string of the molecule is CN1CCN(C(N)=O)CC1.O=C(O)c1ccc2nc(-c3n[nH]c4ccccc34)[nH]c2c1. The van der Waals surface area contributed by atoms with Gasteiger partial charge in [-0.2, -0.15) is 5.10 Å². The van der Waals surface area contributed by atoms with Gasteiger partial charge >= 0.3 is 12.0 Å². The summed E-state index contributed by atoms with van der Waals surface area (Å²) in [6.07, 6.45) is 0. The number of nitrogens with two attached hydrogens (primary N) is 1. The number of aromatic carboxylic acids is 1. The molecule has 1 saturated heterocycles. The van der Waals surface area contributed by atoms with E-state index in [-0.39, 0.29) is 11.6 Å². The van der Waals surface area contributed by atoms with Gasteiger partial charge in [-0.25, -0.2) is 14.6 Å². The molecule has 31 heavy (non-hydrogen) atoms. The number of para-hydroxylation sites is 1. The summed E-state index contributed by atoms with van der Waals surface area (Å²) in [4.78, 5) is 33.0. The van der Waals surface area contributed by atoms with Crippen molar-refractivity contribution >= 4 is 33.9 Å². The molecule has 0 spiro atoms. The smallest absolute Gasteiger partial charge is 0.335 e. The van der Waals surface area contributed by atoms with Gasteiger partial charge in [-0.15, -0.1) is 0 Å². The molecule has 10 nitrogen and oxygen atoms in total. The number of carboxylic acid groups (broad SMARTS) is 1. The van der Waals surface area contributed by atoms with E-state index in [1.54, 1.807) is 17.0 Å². The van der Waals surface area contributed by atoms with Gasteiger partial charge < -0.3 is 25.6 Å². The molecule has 5 rings (SSSR count). The Hall–Kier alpha value is -3.92. The first-order valence-electron chi connectivity index (χ1n) is 9.82. The van der Waals surface area contributed by atoms with Crippen molar-refractivity contribution < 1.29 is 14.7 Å². The van der Waals surface area contributed by atoms with Crippen LogP contribution in [0.3, 0.4) is 0 Å². The number of carbonyl (C=O) groups is 2. The number of rotatable bonds is 2. The fourth-order valence-corrected chi connectivity index (χ4v) is 3.43. The van der Waals surface area contributed by atoms with Gasteiger partial charge in [0.15, 0.2) is 5.82 Å². The number of fused-ring (bicyclic) bond motifs is 2. The van der Waals surface area contributed by atoms with Crippen LogP contribution in [0.15, 0.2) is 42.5 Å². The Morgan fingerprint density at radius 2 is 1.81 bits per heavy atom. The zero-order valence-corrected chi connectivity index (χ0v) is 17.0. The zero-order chi connectivity index (χ0) is 22.0. The van der Waals surface area contributed by atoms with Crippen LogP contribution in [0.4, 0.5) is 4.79 Å². The van der Waals surface area contributed by atoms with Crippen molar-refractivity contribution in [3.05, 3.63) is 48.0 Å². The lowest BCUT2D eigenvalue weighted by Crippen LogP contribution is -2.49. The van der Waals surface area contributed by atoms with Crippen LogP contribution in [0.2, 0.25) is 0 Å². The molecule has 2 amide bonds. The Bertz CT molecular complexity index is 1240. The van der Waals surface area contributed by atoms with Crippen molar-refractivity contribution in [2.45, 2.75) is 0 Å². The number of piperazine rings is 1. The van der Waals surface area contributed by atoms with Crippen LogP contribution >= 0.6 is 0 Å². The number of carboxylic acids is 1. The molecule has 1 fully saturated rings. The molecule has 2 aromatic heterocycles. The second kappa shape index (κ2) is 8.44. The average molecular weight is 421 g/mol. The van der Waals surface area contributed by atoms with Crippen molar-refractivity contribution in [3.63, 3.8) is 0 Å². The largest absolute Gasteiger partial charge is 0.478 e. The molecule has 5 N–H and O–H groups in total. The average Bonchev–Trinajstić information content (AvgIpc) is 3.37.